The molecule has 0 bridgehead atoms. The van der Waals surface area contributed by atoms with Crippen molar-refractivity contribution < 1.29 is 9.90 Å². The Bertz CT molecular complexity index is 905. The van der Waals surface area contributed by atoms with E-state index in [0.29, 0.717) is 5.57 Å². The Morgan fingerprint density at radius 2 is 1.18 bits per heavy atom. The average molecular weight is 538 g/mol. The minimum Gasteiger partial charge on any atom is -0.508 e. The summed E-state index contributed by atoms with van der Waals surface area (Å²) in [5, 5.41) is 12.3. The van der Waals surface area contributed by atoms with Crippen molar-refractivity contribution in [2.24, 2.45) is 0 Å². The zero-order valence-electron chi connectivity index (χ0n) is 24.0. The maximum absolute atomic E-state index is 12.5. The molecule has 210 valence electrons. The molecule has 0 saturated heterocycles. The first-order chi connectivity index (χ1) is 18.6. The van der Waals surface area contributed by atoms with Gasteiger partial charge in [-0.3, -0.25) is 4.79 Å². The maximum Gasteiger partial charge on any atom is 0.251 e. The van der Waals surface area contributed by atoms with Gasteiger partial charge in [0.25, 0.3) is 5.91 Å². The molecule has 0 heterocycles. The molecule has 2 rings (SSSR count). The molecule has 0 radical (unpaired) electrons. The lowest BCUT2D eigenvalue weighted by Crippen LogP contribution is -2.12. The standard InChI is InChI=1S/C34H51NO2S/c1-3-4-5-6-7-8-9-10-11-12-13-14-15-16-17-18-27-38-33-25-21-31(22-26-33)35-34(37)29(2)28-30-19-23-32(36)24-20-30/h19-26,28,36H,3-18,27H2,1-2H3,(H,35,37). The molecule has 2 N–H and O–H groups in total. The molecule has 0 spiro atoms. The number of unbranched alkanes of at least 4 members (excludes halogenated alkanes) is 15. The van der Waals surface area contributed by atoms with E-state index in [1.165, 1.54) is 108 Å². The number of amides is 1. The fourth-order valence-electron chi connectivity index (χ4n) is 4.59. The largest absolute Gasteiger partial charge is 0.508 e. The highest BCUT2D eigenvalue weighted by Crippen LogP contribution is 2.23. The quantitative estimate of drug-likeness (QED) is 0.0945. The number of rotatable bonds is 21. The Morgan fingerprint density at radius 3 is 1.68 bits per heavy atom. The van der Waals surface area contributed by atoms with E-state index < -0.39 is 0 Å². The minimum absolute atomic E-state index is 0.119. The second kappa shape index (κ2) is 20.7. The molecule has 0 aromatic heterocycles. The topological polar surface area (TPSA) is 49.3 Å². The molecule has 2 aromatic carbocycles. The van der Waals surface area contributed by atoms with Crippen LogP contribution in [-0.2, 0) is 4.79 Å². The SMILES string of the molecule is CCCCCCCCCCCCCCCCCCSc1ccc(NC(=O)C(C)=Cc2ccc(O)cc2)cc1. The van der Waals surface area contributed by atoms with Crippen LogP contribution < -0.4 is 5.32 Å². The lowest BCUT2D eigenvalue weighted by atomic mass is 10.0. The van der Waals surface area contributed by atoms with Crippen LogP contribution in [0.25, 0.3) is 6.08 Å². The molecule has 0 aliphatic rings. The van der Waals surface area contributed by atoms with E-state index in [-0.39, 0.29) is 11.7 Å². The summed E-state index contributed by atoms with van der Waals surface area (Å²) in [7, 11) is 0. The normalized spacial score (nSPS) is 11.6. The van der Waals surface area contributed by atoms with Crippen LogP contribution in [0.3, 0.4) is 0 Å². The fraction of sp³-hybridized carbons (Fsp3) is 0.559. The molecule has 0 fully saturated rings. The number of phenolic OH excluding ortho intramolecular Hbond substituents is 1. The predicted molar refractivity (Wildman–Crippen MR) is 167 cm³/mol. The van der Waals surface area contributed by atoms with Crippen molar-refractivity contribution in [1.29, 1.82) is 0 Å². The molecule has 38 heavy (non-hydrogen) atoms. The molecule has 3 nitrogen and oxygen atoms in total. The number of carbonyl (C=O) groups is 1. The first-order valence-electron chi connectivity index (χ1n) is 15.1. The van der Waals surface area contributed by atoms with E-state index in [1.807, 2.05) is 30.0 Å². The summed E-state index contributed by atoms with van der Waals surface area (Å²) in [5.41, 5.74) is 2.31. The molecule has 0 atom stereocenters. The Hall–Kier alpha value is -2.20. The van der Waals surface area contributed by atoms with E-state index >= 15 is 0 Å². The zero-order valence-corrected chi connectivity index (χ0v) is 24.8. The van der Waals surface area contributed by atoms with Crippen molar-refractivity contribution in [2.75, 3.05) is 11.1 Å². The molecule has 0 saturated carbocycles. The Morgan fingerprint density at radius 1 is 0.711 bits per heavy atom. The molecular formula is C34H51NO2S. The van der Waals surface area contributed by atoms with Gasteiger partial charge in [0.1, 0.15) is 5.75 Å². The number of nitrogens with one attached hydrogen (secondary N) is 1. The van der Waals surface area contributed by atoms with E-state index in [0.717, 1.165) is 17.0 Å². The van der Waals surface area contributed by atoms with Crippen molar-refractivity contribution in [1.82, 2.24) is 0 Å². The number of aromatic hydroxyl groups is 1. The Kier molecular flexibility index (Phi) is 17.5. The average Bonchev–Trinajstić information content (AvgIpc) is 2.92. The summed E-state index contributed by atoms with van der Waals surface area (Å²) in [6, 6.07) is 14.9. The van der Waals surface area contributed by atoms with Gasteiger partial charge in [0.2, 0.25) is 0 Å². The van der Waals surface area contributed by atoms with E-state index in [9.17, 15) is 9.90 Å². The Labute approximate surface area is 236 Å². The third kappa shape index (κ3) is 15.3. The predicted octanol–water partition coefficient (Wildman–Crippen LogP) is 10.8. The van der Waals surface area contributed by atoms with Crippen molar-refractivity contribution >= 4 is 29.4 Å². The summed E-state index contributed by atoms with van der Waals surface area (Å²) >= 11 is 1.90. The molecule has 0 aliphatic heterocycles. The highest BCUT2D eigenvalue weighted by atomic mass is 32.2. The van der Waals surface area contributed by atoms with Crippen LogP contribution in [0.2, 0.25) is 0 Å². The van der Waals surface area contributed by atoms with E-state index in [1.54, 1.807) is 31.2 Å². The number of hydrogen-bond acceptors (Lipinski definition) is 3. The first-order valence-corrected chi connectivity index (χ1v) is 16.1. The minimum atomic E-state index is -0.119. The van der Waals surface area contributed by atoms with Gasteiger partial charge in [-0.2, -0.15) is 0 Å². The summed E-state index contributed by atoms with van der Waals surface area (Å²) < 4.78 is 0. The molecular weight excluding hydrogens is 486 g/mol. The third-order valence-electron chi connectivity index (χ3n) is 7.01. The van der Waals surface area contributed by atoms with Gasteiger partial charge in [0.05, 0.1) is 0 Å². The van der Waals surface area contributed by atoms with Crippen LogP contribution >= 0.6 is 11.8 Å². The van der Waals surface area contributed by atoms with Gasteiger partial charge >= 0.3 is 0 Å². The van der Waals surface area contributed by atoms with Gasteiger partial charge in [0, 0.05) is 16.2 Å². The number of phenols is 1. The van der Waals surface area contributed by atoms with Crippen molar-refractivity contribution in [3.8, 4) is 5.75 Å². The highest BCUT2D eigenvalue weighted by molar-refractivity contribution is 7.99. The number of thioether (sulfide) groups is 1. The first kappa shape index (κ1) is 32.0. The summed E-state index contributed by atoms with van der Waals surface area (Å²) in [5.74, 6) is 1.25. The second-order valence-electron chi connectivity index (χ2n) is 10.5. The van der Waals surface area contributed by atoms with Gasteiger partial charge in [0.15, 0.2) is 0 Å². The second-order valence-corrected chi connectivity index (χ2v) is 11.7. The van der Waals surface area contributed by atoms with Gasteiger partial charge in [-0.25, -0.2) is 0 Å². The van der Waals surface area contributed by atoms with Crippen molar-refractivity contribution in [3.05, 3.63) is 59.7 Å². The van der Waals surface area contributed by atoms with Crippen LogP contribution in [0.4, 0.5) is 5.69 Å². The number of hydrogen-bond donors (Lipinski definition) is 2. The van der Waals surface area contributed by atoms with Crippen molar-refractivity contribution in [3.63, 3.8) is 0 Å². The van der Waals surface area contributed by atoms with Crippen molar-refractivity contribution in [2.45, 2.75) is 121 Å². The van der Waals surface area contributed by atoms with Crippen LogP contribution in [0.1, 0.15) is 122 Å². The monoisotopic (exact) mass is 537 g/mol. The van der Waals surface area contributed by atoms with Gasteiger partial charge < -0.3 is 10.4 Å². The van der Waals surface area contributed by atoms with Crippen LogP contribution in [0.5, 0.6) is 5.75 Å². The summed E-state index contributed by atoms with van der Waals surface area (Å²) in [6.07, 6.45) is 24.3. The van der Waals surface area contributed by atoms with E-state index in [4.69, 9.17) is 0 Å². The van der Waals surface area contributed by atoms with E-state index in [2.05, 4.69) is 24.4 Å². The number of anilines is 1. The van der Waals surface area contributed by atoms with Crippen LogP contribution in [0, 0.1) is 0 Å². The Balaban J connectivity index is 1.45. The summed E-state index contributed by atoms with van der Waals surface area (Å²) in [4.78, 5) is 13.7. The third-order valence-corrected chi connectivity index (χ3v) is 8.11. The molecule has 2 aromatic rings. The van der Waals surface area contributed by atoms with Gasteiger partial charge in [-0.1, -0.05) is 115 Å². The number of benzene rings is 2. The maximum atomic E-state index is 12.5. The molecule has 0 unspecified atom stereocenters. The van der Waals surface area contributed by atoms with Gasteiger partial charge in [-0.05, 0) is 67.1 Å². The highest BCUT2D eigenvalue weighted by Gasteiger charge is 2.06. The van der Waals surface area contributed by atoms with Gasteiger partial charge in [-0.15, -0.1) is 11.8 Å². The summed E-state index contributed by atoms with van der Waals surface area (Å²) in [6.45, 7) is 4.08. The molecule has 0 aliphatic carbocycles. The van der Waals surface area contributed by atoms with Crippen LogP contribution in [-0.4, -0.2) is 16.8 Å². The number of carbonyl (C=O) groups excluding carboxylic acids is 1. The lowest BCUT2D eigenvalue weighted by Gasteiger charge is -2.07. The molecule has 1 amide bonds. The van der Waals surface area contributed by atoms with Crippen LogP contribution in [0.15, 0.2) is 59.0 Å². The fourth-order valence-corrected chi connectivity index (χ4v) is 5.50. The zero-order chi connectivity index (χ0) is 27.3. The smallest absolute Gasteiger partial charge is 0.251 e. The lowest BCUT2D eigenvalue weighted by molar-refractivity contribution is -0.112. The molecule has 4 heteroatoms.